The van der Waals surface area contributed by atoms with Crippen LogP contribution in [0.5, 0.6) is 5.75 Å². The molecule has 8 heteroatoms. The first kappa shape index (κ1) is 16.0. The molecule has 0 aromatic heterocycles. The van der Waals surface area contributed by atoms with Gasteiger partial charge >= 0.3 is 0 Å². The highest BCUT2D eigenvalue weighted by molar-refractivity contribution is 7.95. The smallest absolute Gasteiger partial charge is 0.242 e. The van der Waals surface area contributed by atoms with E-state index in [9.17, 15) is 8.42 Å². The molecular weight excluding hydrogens is 308 g/mol. The summed E-state index contributed by atoms with van der Waals surface area (Å²) < 4.78 is 31.7. The summed E-state index contributed by atoms with van der Waals surface area (Å²) in [5, 5.41) is -0.674. The van der Waals surface area contributed by atoms with Crippen molar-refractivity contribution in [2.45, 2.75) is 18.6 Å². The highest BCUT2D eigenvalue weighted by Gasteiger charge is 2.27. The number of halogens is 1. The Labute approximate surface area is 123 Å². The molecule has 1 aromatic rings. The zero-order chi connectivity index (χ0) is 14.6. The summed E-state index contributed by atoms with van der Waals surface area (Å²) in [7, 11) is -2.25. The van der Waals surface area contributed by atoms with Crippen LogP contribution in [-0.4, -0.2) is 25.8 Å². The summed E-state index contributed by atoms with van der Waals surface area (Å²) in [6, 6.07) is 4.66. The number of sulfonamides is 1. The lowest BCUT2D eigenvalue weighted by Crippen LogP contribution is -2.37. The average Bonchev–Trinajstić information content (AvgIpc) is 2.31. The fourth-order valence-corrected chi connectivity index (χ4v) is 3.64. The van der Waals surface area contributed by atoms with Crippen LogP contribution in [0.1, 0.15) is 13.3 Å². The third-order valence-electron chi connectivity index (χ3n) is 2.49. The van der Waals surface area contributed by atoms with Crippen molar-refractivity contribution >= 4 is 44.5 Å². The second kappa shape index (κ2) is 6.40. The van der Waals surface area contributed by atoms with E-state index in [1.54, 1.807) is 19.1 Å². The number of anilines is 1. The lowest BCUT2D eigenvalue weighted by atomic mass is 10.3. The first-order valence-corrected chi connectivity index (χ1v) is 7.79. The molecule has 1 aromatic carbocycles. The van der Waals surface area contributed by atoms with E-state index in [1.165, 1.54) is 13.2 Å². The van der Waals surface area contributed by atoms with E-state index in [1.807, 2.05) is 0 Å². The SMILES string of the molecule is CCC(C(N)=S)S(=O)(=O)Nc1cc(OC)ccc1Cl. The largest absolute Gasteiger partial charge is 0.497 e. The molecule has 0 bridgehead atoms. The molecule has 1 rings (SSSR count). The van der Waals surface area contributed by atoms with Crippen LogP contribution < -0.4 is 15.2 Å². The van der Waals surface area contributed by atoms with Crippen LogP contribution in [0.4, 0.5) is 5.69 Å². The minimum Gasteiger partial charge on any atom is -0.497 e. The maximum absolute atomic E-state index is 12.1. The van der Waals surface area contributed by atoms with Gasteiger partial charge in [-0.05, 0) is 18.6 Å². The lowest BCUT2D eigenvalue weighted by molar-refractivity contribution is 0.415. The number of nitrogens with two attached hydrogens (primary N) is 1. The summed E-state index contributed by atoms with van der Waals surface area (Å²) in [6.07, 6.45) is 0.284. The minimum atomic E-state index is -3.73. The average molecular weight is 323 g/mol. The molecule has 0 heterocycles. The van der Waals surface area contributed by atoms with Gasteiger partial charge in [0.05, 0.1) is 22.8 Å². The predicted octanol–water partition coefficient (Wildman–Crippen LogP) is 2.15. The van der Waals surface area contributed by atoms with E-state index < -0.39 is 15.3 Å². The van der Waals surface area contributed by atoms with Crippen molar-refractivity contribution in [3.8, 4) is 5.75 Å². The van der Waals surface area contributed by atoms with Gasteiger partial charge in [-0.25, -0.2) is 8.42 Å². The zero-order valence-corrected chi connectivity index (χ0v) is 12.9. The maximum atomic E-state index is 12.1. The van der Waals surface area contributed by atoms with E-state index in [0.717, 1.165) is 0 Å². The van der Waals surface area contributed by atoms with Gasteiger partial charge in [-0.15, -0.1) is 0 Å². The highest BCUT2D eigenvalue weighted by atomic mass is 35.5. The van der Waals surface area contributed by atoms with Crippen LogP contribution in [0.3, 0.4) is 0 Å². The van der Waals surface area contributed by atoms with Gasteiger partial charge in [-0.2, -0.15) is 0 Å². The molecule has 1 atom stereocenters. The summed E-state index contributed by atoms with van der Waals surface area (Å²) in [5.74, 6) is 0.491. The van der Waals surface area contributed by atoms with Crippen molar-refractivity contribution in [1.29, 1.82) is 0 Å². The van der Waals surface area contributed by atoms with E-state index in [0.29, 0.717) is 5.75 Å². The maximum Gasteiger partial charge on any atom is 0.242 e. The first-order valence-electron chi connectivity index (χ1n) is 5.46. The molecule has 3 N–H and O–H groups in total. The molecule has 1 unspecified atom stereocenters. The minimum absolute atomic E-state index is 0.0750. The number of rotatable bonds is 6. The lowest BCUT2D eigenvalue weighted by Gasteiger charge is -2.17. The zero-order valence-electron chi connectivity index (χ0n) is 10.5. The molecule has 0 saturated heterocycles. The molecule has 0 aliphatic heterocycles. The van der Waals surface area contributed by atoms with Crippen molar-refractivity contribution < 1.29 is 13.2 Å². The number of methoxy groups -OCH3 is 1. The van der Waals surface area contributed by atoms with Crippen molar-refractivity contribution in [2.75, 3.05) is 11.8 Å². The number of hydrogen-bond donors (Lipinski definition) is 2. The van der Waals surface area contributed by atoms with Gasteiger partial charge in [0.1, 0.15) is 11.0 Å². The number of benzene rings is 1. The molecule has 0 aliphatic carbocycles. The van der Waals surface area contributed by atoms with Crippen LogP contribution in [0, 0.1) is 0 Å². The molecule has 0 saturated carbocycles. The predicted molar refractivity (Wildman–Crippen MR) is 81.4 cm³/mol. The first-order chi connectivity index (χ1) is 8.81. The van der Waals surface area contributed by atoms with E-state index in [2.05, 4.69) is 4.72 Å². The van der Waals surface area contributed by atoms with Gasteiger partial charge in [0.2, 0.25) is 10.0 Å². The quantitative estimate of drug-likeness (QED) is 0.784. The normalized spacial score (nSPS) is 12.8. The molecule has 106 valence electrons. The molecule has 5 nitrogen and oxygen atoms in total. The van der Waals surface area contributed by atoms with E-state index in [4.69, 9.17) is 34.3 Å². The summed E-state index contributed by atoms with van der Waals surface area (Å²) in [4.78, 5) is -0.0750. The van der Waals surface area contributed by atoms with Crippen LogP contribution >= 0.6 is 23.8 Å². The second-order valence-corrected chi connectivity index (χ2v) is 6.53. The third kappa shape index (κ3) is 3.95. The summed E-state index contributed by atoms with van der Waals surface area (Å²) in [6.45, 7) is 1.69. The van der Waals surface area contributed by atoms with Crippen molar-refractivity contribution in [3.63, 3.8) is 0 Å². The Kier molecular flexibility index (Phi) is 5.39. The standard InChI is InChI=1S/C11H15ClN2O3S2/c1-3-10(11(13)18)19(15,16)14-9-6-7(17-2)4-5-8(9)12/h4-6,10,14H,3H2,1-2H3,(H2,13,18). The van der Waals surface area contributed by atoms with E-state index >= 15 is 0 Å². The van der Waals surface area contributed by atoms with Crippen LogP contribution in [0.15, 0.2) is 18.2 Å². The summed E-state index contributed by atoms with van der Waals surface area (Å²) >= 11 is 10.7. The molecule has 0 radical (unpaired) electrons. The van der Waals surface area contributed by atoms with Crippen LogP contribution in [0.25, 0.3) is 0 Å². The molecule has 0 aliphatic rings. The van der Waals surface area contributed by atoms with E-state index in [-0.39, 0.29) is 22.1 Å². The molecule has 0 amide bonds. The number of hydrogen-bond acceptors (Lipinski definition) is 4. The molecule has 0 spiro atoms. The van der Waals surface area contributed by atoms with Gasteiger partial charge in [-0.1, -0.05) is 30.7 Å². The number of thiocarbonyl (C=S) groups is 1. The number of ether oxygens (including phenoxy) is 1. The monoisotopic (exact) mass is 322 g/mol. The molecule has 19 heavy (non-hydrogen) atoms. The van der Waals surface area contributed by atoms with Gasteiger partial charge in [0.25, 0.3) is 0 Å². The Morgan fingerprint density at radius 1 is 1.58 bits per heavy atom. The van der Waals surface area contributed by atoms with Gasteiger partial charge in [0.15, 0.2) is 0 Å². The Balaban J connectivity index is 3.10. The van der Waals surface area contributed by atoms with Gasteiger partial charge in [0, 0.05) is 6.07 Å². The highest BCUT2D eigenvalue weighted by Crippen LogP contribution is 2.28. The molecular formula is C11H15ClN2O3S2. The number of nitrogens with one attached hydrogen (secondary N) is 1. The van der Waals surface area contributed by atoms with Crippen molar-refractivity contribution in [2.24, 2.45) is 5.73 Å². The van der Waals surface area contributed by atoms with Crippen molar-refractivity contribution in [1.82, 2.24) is 0 Å². The Morgan fingerprint density at radius 2 is 2.21 bits per heavy atom. The van der Waals surface area contributed by atoms with Crippen LogP contribution in [0.2, 0.25) is 5.02 Å². The Bertz CT molecular complexity index is 575. The Hall–Kier alpha value is -1.05. The molecule has 0 fully saturated rings. The van der Waals surface area contributed by atoms with Gasteiger partial charge in [-0.3, -0.25) is 4.72 Å². The fourth-order valence-electron chi connectivity index (χ4n) is 1.51. The fraction of sp³-hybridized carbons (Fsp3) is 0.364. The Morgan fingerprint density at radius 3 is 2.68 bits per heavy atom. The van der Waals surface area contributed by atoms with Gasteiger partial charge < -0.3 is 10.5 Å². The second-order valence-electron chi connectivity index (χ2n) is 3.79. The topological polar surface area (TPSA) is 81.4 Å². The third-order valence-corrected chi connectivity index (χ3v) is 5.09. The summed E-state index contributed by atoms with van der Waals surface area (Å²) in [5.41, 5.74) is 5.67. The van der Waals surface area contributed by atoms with Crippen molar-refractivity contribution in [3.05, 3.63) is 23.2 Å². The van der Waals surface area contributed by atoms with Crippen LogP contribution in [-0.2, 0) is 10.0 Å².